The number of ketones is 1. The first-order valence-corrected chi connectivity index (χ1v) is 8.88. The molecule has 1 aliphatic heterocycles. The van der Waals surface area contributed by atoms with Crippen molar-refractivity contribution in [2.75, 3.05) is 0 Å². The maximum atomic E-state index is 13.7. The Morgan fingerprint density at radius 2 is 1.52 bits per heavy atom. The molecular weight excluding hydrogens is 427 g/mol. The van der Waals surface area contributed by atoms with Gasteiger partial charge >= 0.3 is 5.97 Å². The number of allylic oxidation sites excluding steroid dienone is 2. The SMILES string of the molecule is CC(C)=C1Oc2cc(OC(=O)C(C)Oc3c(F)c(F)c(F)c(F)c3F)cc(C)c2C1=O. The van der Waals surface area contributed by atoms with Crippen LogP contribution in [0.25, 0.3) is 0 Å². The Kier molecular flexibility index (Phi) is 5.75. The Balaban J connectivity index is 1.83. The Morgan fingerprint density at radius 1 is 0.968 bits per heavy atom. The van der Waals surface area contributed by atoms with Gasteiger partial charge in [0, 0.05) is 6.07 Å². The van der Waals surface area contributed by atoms with Gasteiger partial charge in [0.05, 0.1) is 5.56 Å². The topological polar surface area (TPSA) is 61.8 Å². The number of ether oxygens (including phenoxy) is 3. The summed E-state index contributed by atoms with van der Waals surface area (Å²) in [6, 6.07) is 2.62. The highest BCUT2D eigenvalue weighted by Crippen LogP contribution is 2.38. The van der Waals surface area contributed by atoms with Crippen molar-refractivity contribution in [2.24, 2.45) is 0 Å². The van der Waals surface area contributed by atoms with Crippen LogP contribution in [0.2, 0.25) is 0 Å². The van der Waals surface area contributed by atoms with Crippen molar-refractivity contribution < 1.29 is 45.8 Å². The maximum Gasteiger partial charge on any atom is 0.352 e. The minimum Gasteiger partial charge on any atom is -0.473 e. The summed E-state index contributed by atoms with van der Waals surface area (Å²) in [5, 5.41) is 0. The molecule has 0 saturated carbocycles. The molecule has 2 aromatic rings. The number of halogens is 5. The zero-order valence-corrected chi connectivity index (χ0v) is 16.7. The average molecular weight is 442 g/mol. The van der Waals surface area contributed by atoms with Crippen molar-refractivity contribution in [3.05, 3.63) is 63.7 Å². The first-order chi connectivity index (χ1) is 14.4. The summed E-state index contributed by atoms with van der Waals surface area (Å²) in [6.07, 6.45) is -1.74. The van der Waals surface area contributed by atoms with Crippen LogP contribution in [0.1, 0.15) is 36.7 Å². The molecule has 0 N–H and O–H groups in total. The van der Waals surface area contributed by atoms with E-state index in [0.717, 1.165) is 6.92 Å². The van der Waals surface area contributed by atoms with Gasteiger partial charge in [-0.2, -0.15) is 8.78 Å². The molecule has 0 aliphatic carbocycles. The fraction of sp³-hybridized carbons (Fsp3) is 0.238. The van der Waals surface area contributed by atoms with E-state index < -0.39 is 46.9 Å². The monoisotopic (exact) mass is 442 g/mol. The standard InChI is InChI=1S/C21H15F5O5/c1-7(2)19-18(27)12-8(3)5-10(6-11(12)31-19)30-21(28)9(4)29-20-16(25)14(23)13(22)15(24)17(20)26/h5-6,9H,1-4H3. The highest BCUT2D eigenvalue weighted by molar-refractivity contribution is 6.13. The fourth-order valence-electron chi connectivity index (χ4n) is 2.86. The summed E-state index contributed by atoms with van der Waals surface area (Å²) in [7, 11) is 0. The second-order valence-electron chi connectivity index (χ2n) is 6.95. The maximum absolute atomic E-state index is 13.7. The number of hydrogen-bond acceptors (Lipinski definition) is 5. The van der Waals surface area contributed by atoms with E-state index in [9.17, 15) is 31.5 Å². The van der Waals surface area contributed by atoms with Crippen molar-refractivity contribution in [2.45, 2.75) is 33.8 Å². The van der Waals surface area contributed by atoms with Gasteiger partial charge in [-0.3, -0.25) is 4.79 Å². The molecule has 0 bridgehead atoms. The predicted molar refractivity (Wildman–Crippen MR) is 96.5 cm³/mol. The molecular formula is C21H15F5O5. The zero-order chi connectivity index (χ0) is 23.2. The number of aryl methyl sites for hydroxylation is 1. The second kappa shape index (κ2) is 8.01. The van der Waals surface area contributed by atoms with E-state index in [0.29, 0.717) is 16.7 Å². The summed E-state index contributed by atoms with van der Waals surface area (Å²) < 4.78 is 82.4. The van der Waals surface area contributed by atoms with Crippen LogP contribution in [0.4, 0.5) is 22.0 Å². The average Bonchev–Trinajstić information content (AvgIpc) is 3.05. The van der Waals surface area contributed by atoms with Gasteiger partial charge < -0.3 is 14.2 Å². The lowest BCUT2D eigenvalue weighted by Gasteiger charge is -2.16. The molecule has 10 heteroatoms. The van der Waals surface area contributed by atoms with E-state index >= 15 is 0 Å². The van der Waals surface area contributed by atoms with Gasteiger partial charge in [0.1, 0.15) is 11.5 Å². The summed E-state index contributed by atoms with van der Waals surface area (Å²) >= 11 is 0. The minimum absolute atomic E-state index is 0.0723. The lowest BCUT2D eigenvalue weighted by atomic mass is 10.0. The number of carbonyl (C=O) groups is 2. The lowest BCUT2D eigenvalue weighted by Crippen LogP contribution is -2.29. The molecule has 1 aliphatic rings. The molecule has 0 amide bonds. The highest BCUT2D eigenvalue weighted by Gasteiger charge is 2.32. The van der Waals surface area contributed by atoms with Crippen molar-refractivity contribution >= 4 is 11.8 Å². The molecule has 0 spiro atoms. The van der Waals surface area contributed by atoms with Crippen LogP contribution in [-0.2, 0) is 4.79 Å². The van der Waals surface area contributed by atoms with Gasteiger partial charge in [0.15, 0.2) is 17.6 Å². The Morgan fingerprint density at radius 3 is 2.06 bits per heavy atom. The van der Waals surface area contributed by atoms with Crippen LogP contribution >= 0.6 is 0 Å². The van der Waals surface area contributed by atoms with Crippen LogP contribution in [0, 0.1) is 36.0 Å². The number of Topliss-reactive ketones (excluding diaryl/α,β-unsaturated/α-hetero) is 1. The first kappa shape index (κ1) is 22.3. The Bertz CT molecular complexity index is 1120. The summed E-state index contributed by atoms with van der Waals surface area (Å²) in [4.78, 5) is 24.6. The van der Waals surface area contributed by atoms with Gasteiger partial charge in [0.25, 0.3) is 0 Å². The molecule has 2 aromatic carbocycles. The van der Waals surface area contributed by atoms with Crippen LogP contribution in [0.5, 0.6) is 17.2 Å². The molecule has 1 atom stereocenters. The predicted octanol–water partition coefficient (Wildman–Crippen LogP) is 4.93. The Labute approximate surface area is 173 Å². The van der Waals surface area contributed by atoms with Crippen LogP contribution in [0.15, 0.2) is 23.5 Å². The van der Waals surface area contributed by atoms with Crippen LogP contribution in [-0.4, -0.2) is 17.9 Å². The van der Waals surface area contributed by atoms with E-state index in [1.165, 1.54) is 12.1 Å². The van der Waals surface area contributed by atoms with Crippen molar-refractivity contribution in [3.63, 3.8) is 0 Å². The second-order valence-corrected chi connectivity index (χ2v) is 6.95. The molecule has 1 heterocycles. The number of esters is 1. The summed E-state index contributed by atoms with van der Waals surface area (Å²) in [6.45, 7) is 5.96. The van der Waals surface area contributed by atoms with Crippen LogP contribution < -0.4 is 14.2 Å². The fourth-order valence-corrected chi connectivity index (χ4v) is 2.86. The molecule has 0 saturated heterocycles. The molecule has 0 fully saturated rings. The third-order valence-corrected chi connectivity index (χ3v) is 4.39. The number of benzene rings is 2. The van der Waals surface area contributed by atoms with Gasteiger partial charge in [-0.1, -0.05) is 0 Å². The van der Waals surface area contributed by atoms with E-state index in [4.69, 9.17) is 9.47 Å². The number of rotatable bonds is 4. The molecule has 1 unspecified atom stereocenters. The third kappa shape index (κ3) is 3.85. The largest absolute Gasteiger partial charge is 0.473 e. The number of carbonyl (C=O) groups excluding carboxylic acids is 2. The van der Waals surface area contributed by atoms with E-state index in [-0.39, 0.29) is 23.0 Å². The van der Waals surface area contributed by atoms with E-state index in [1.54, 1.807) is 20.8 Å². The smallest absolute Gasteiger partial charge is 0.352 e. The van der Waals surface area contributed by atoms with E-state index in [2.05, 4.69) is 4.74 Å². The molecule has 5 nitrogen and oxygen atoms in total. The van der Waals surface area contributed by atoms with E-state index in [1.807, 2.05) is 0 Å². The van der Waals surface area contributed by atoms with Gasteiger partial charge in [-0.15, -0.1) is 0 Å². The molecule has 3 rings (SSSR count). The number of hydrogen-bond donors (Lipinski definition) is 0. The van der Waals surface area contributed by atoms with Crippen LogP contribution in [0.3, 0.4) is 0 Å². The van der Waals surface area contributed by atoms with Gasteiger partial charge in [-0.05, 0) is 44.9 Å². The van der Waals surface area contributed by atoms with Gasteiger partial charge in [-0.25, -0.2) is 18.0 Å². The molecule has 0 radical (unpaired) electrons. The Hall–Kier alpha value is -3.43. The third-order valence-electron chi connectivity index (χ3n) is 4.39. The van der Waals surface area contributed by atoms with Crippen molar-refractivity contribution in [3.8, 4) is 17.2 Å². The number of fused-ring (bicyclic) bond motifs is 1. The quantitative estimate of drug-likeness (QED) is 0.168. The molecule has 0 aromatic heterocycles. The normalized spacial score (nSPS) is 13.6. The highest BCUT2D eigenvalue weighted by atomic mass is 19.2. The van der Waals surface area contributed by atoms with Crippen molar-refractivity contribution in [1.29, 1.82) is 0 Å². The summed E-state index contributed by atoms with van der Waals surface area (Å²) in [5.41, 5.74) is 1.38. The van der Waals surface area contributed by atoms with Gasteiger partial charge in [0.2, 0.25) is 34.9 Å². The molecule has 31 heavy (non-hydrogen) atoms. The lowest BCUT2D eigenvalue weighted by molar-refractivity contribution is -0.141. The van der Waals surface area contributed by atoms with Crippen molar-refractivity contribution in [1.82, 2.24) is 0 Å². The zero-order valence-electron chi connectivity index (χ0n) is 16.7. The summed E-state index contributed by atoms with van der Waals surface area (Å²) in [5.74, 6) is -14.1. The minimum atomic E-state index is -2.35. The first-order valence-electron chi connectivity index (χ1n) is 8.88. The molecule has 164 valence electrons.